The summed E-state index contributed by atoms with van der Waals surface area (Å²) >= 11 is 0. The van der Waals surface area contributed by atoms with Gasteiger partial charge in [-0.05, 0) is 43.5 Å². The highest BCUT2D eigenvalue weighted by Gasteiger charge is 2.26. The Morgan fingerprint density at radius 3 is 2.08 bits per heavy atom. The molecular weight excluding hydrogens is 306 g/mol. The van der Waals surface area contributed by atoms with Gasteiger partial charge in [0.1, 0.15) is 5.92 Å². The van der Waals surface area contributed by atoms with Gasteiger partial charge in [-0.15, -0.1) is 0 Å². The molecule has 24 heavy (non-hydrogen) atoms. The number of anilines is 1. The second-order valence-electron chi connectivity index (χ2n) is 5.72. The van der Waals surface area contributed by atoms with Crippen molar-refractivity contribution < 1.29 is 9.59 Å². The number of rotatable bonds is 11. The van der Waals surface area contributed by atoms with Gasteiger partial charge in [-0.1, -0.05) is 18.6 Å². The quantitative estimate of drug-likeness (QED) is 0.216. The molecule has 0 fully saturated rings. The van der Waals surface area contributed by atoms with E-state index in [0.29, 0.717) is 38.3 Å². The second-order valence-corrected chi connectivity index (χ2v) is 5.72. The third-order valence-electron chi connectivity index (χ3n) is 3.68. The van der Waals surface area contributed by atoms with Crippen LogP contribution in [0.2, 0.25) is 0 Å². The molecule has 1 rings (SSSR count). The fourth-order valence-corrected chi connectivity index (χ4v) is 2.29. The van der Waals surface area contributed by atoms with Crippen LogP contribution in [0.15, 0.2) is 24.3 Å². The van der Waals surface area contributed by atoms with Gasteiger partial charge in [0.05, 0.1) is 0 Å². The Labute approximate surface area is 143 Å². The molecule has 1 atom stereocenters. The van der Waals surface area contributed by atoms with Crippen LogP contribution in [0, 0.1) is 5.92 Å². The van der Waals surface area contributed by atoms with Crippen molar-refractivity contribution in [3.63, 3.8) is 0 Å². The van der Waals surface area contributed by atoms with Crippen molar-refractivity contribution in [2.75, 3.05) is 31.9 Å². The lowest BCUT2D eigenvalue weighted by Crippen LogP contribution is -2.44. The van der Waals surface area contributed by atoms with E-state index in [9.17, 15) is 9.59 Å². The Morgan fingerprint density at radius 2 is 1.50 bits per heavy atom. The summed E-state index contributed by atoms with van der Waals surface area (Å²) in [5.41, 5.74) is 18.0. The molecule has 0 heterocycles. The summed E-state index contributed by atoms with van der Waals surface area (Å²) in [6.07, 6.45) is 3.06. The van der Waals surface area contributed by atoms with Gasteiger partial charge in [-0.3, -0.25) is 9.59 Å². The number of nitrogens with two attached hydrogens (primary N) is 3. The number of hydrogen-bond donors (Lipinski definition) is 5. The van der Waals surface area contributed by atoms with E-state index in [1.54, 1.807) is 12.1 Å². The lowest BCUT2D eigenvalue weighted by molar-refractivity contribution is -0.135. The van der Waals surface area contributed by atoms with Gasteiger partial charge >= 0.3 is 0 Å². The maximum Gasteiger partial charge on any atom is 0.232 e. The Hall–Kier alpha value is -2.12. The zero-order valence-electron chi connectivity index (χ0n) is 14.1. The van der Waals surface area contributed by atoms with Crippen molar-refractivity contribution in [2.24, 2.45) is 17.4 Å². The van der Waals surface area contributed by atoms with E-state index in [0.717, 1.165) is 24.8 Å². The predicted octanol–water partition coefficient (Wildman–Crippen LogP) is -0.252. The largest absolute Gasteiger partial charge is 0.399 e. The minimum atomic E-state index is -0.783. The maximum absolute atomic E-state index is 12.4. The highest BCUT2D eigenvalue weighted by atomic mass is 16.2. The van der Waals surface area contributed by atoms with Crippen LogP contribution in [-0.4, -0.2) is 38.0 Å². The van der Waals surface area contributed by atoms with E-state index in [2.05, 4.69) is 10.6 Å². The smallest absolute Gasteiger partial charge is 0.232 e. The van der Waals surface area contributed by atoms with Crippen LogP contribution in [0.25, 0.3) is 0 Å². The fourth-order valence-electron chi connectivity index (χ4n) is 2.29. The van der Waals surface area contributed by atoms with Crippen LogP contribution < -0.4 is 27.8 Å². The Kier molecular flexibility index (Phi) is 9.48. The molecule has 0 aromatic heterocycles. The van der Waals surface area contributed by atoms with E-state index in [1.165, 1.54) is 0 Å². The Balaban J connectivity index is 2.64. The first-order chi connectivity index (χ1) is 11.6. The van der Waals surface area contributed by atoms with Gasteiger partial charge in [-0.25, -0.2) is 0 Å². The van der Waals surface area contributed by atoms with Gasteiger partial charge in [0.25, 0.3) is 0 Å². The number of unbranched alkanes of at least 4 members (excludes halogenated alkanes) is 2. The molecule has 2 amide bonds. The van der Waals surface area contributed by atoms with Gasteiger partial charge in [-0.2, -0.15) is 0 Å². The molecule has 7 heteroatoms. The monoisotopic (exact) mass is 335 g/mol. The van der Waals surface area contributed by atoms with Crippen LogP contribution in [0.5, 0.6) is 0 Å². The normalized spacial score (nSPS) is 11.8. The molecule has 134 valence electrons. The number of nitrogens with one attached hydrogen (secondary N) is 2. The Morgan fingerprint density at radius 1 is 0.875 bits per heavy atom. The van der Waals surface area contributed by atoms with E-state index < -0.39 is 5.92 Å². The zero-order valence-corrected chi connectivity index (χ0v) is 14.1. The average molecular weight is 335 g/mol. The summed E-state index contributed by atoms with van der Waals surface area (Å²) in [6, 6.07) is 7.17. The van der Waals surface area contributed by atoms with Crippen molar-refractivity contribution >= 4 is 17.5 Å². The second kappa shape index (κ2) is 11.4. The first-order valence-corrected chi connectivity index (χ1v) is 8.38. The molecule has 0 spiro atoms. The number of carbonyl (C=O) groups excluding carboxylic acids is 2. The van der Waals surface area contributed by atoms with Crippen molar-refractivity contribution in [1.29, 1.82) is 0 Å². The van der Waals surface area contributed by atoms with E-state index in [4.69, 9.17) is 17.2 Å². The highest BCUT2D eigenvalue weighted by molar-refractivity contribution is 6.00. The van der Waals surface area contributed by atoms with E-state index in [-0.39, 0.29) is 11.8 Å². The topological polar surface area (TPSA) is 136 Å². The lowest BCUT2D eigenvalue weighted by atomic mass is 9.97. The minimum Gasteiger partial charge on any atom is -0.399 e. The summed E-state index contributed by atoms with van der Waals surface area (Å²) in [5.74, 6) is -1.36. The average Bonchev–Trinajstić information content (AvgIpc) is 2.58. The molecule has 1 unspecified atom stereocenters. The Bertz CT molecular complexity index is 504. The zero-order chi connectivity index (χ0) is 17.8. The molecule has 0 bridgehead atoms. The number of nitrogen functional groups attached to an aromatic ring is 1. The van der Waals surface area contributed by atoms with E-state index in [1.807, 2.05) is 12.1 Å². The number of hydrogen-bond acceptors (Lipinski definition) is 5. The van der Waals surface area contributed by atoms with Crippen molar-refractivity contribution in [3.05, 3.63) is 29.8 Å². The summed E-state index contributed by atoms with van der Waals surface area (Å²) < 4.78 is 0. The minimum absolute atomic E-state index is 0.269. The predicted molar refractivity (Wildman–Crippen MR) is 96.0 cm³/mol. The van der Waals surface area contributed by atoms with Crippen LogP contribution >= 0.6 is 0 Å². The third kappa shape index (κ3) is 7.43. The van der Waals surface area contributed by atoms with Gasteiger partial charge in [0.15, 0.2) is 0 Å². The summed E-state index contributed by atoms with van der Waals surface area (Å²) in [6.45, 7) is 1.87. The molecule has 7 nitrogen and oxygen atoms in total. The molecule has 0 aliphatic rings. The molecule has 0 saturated carbocycles. The molecule has 0 radical (unpaired) electrons. The van der Waals surface area contributed by atoms with Crippen LogP contribution in [0.3, 0.4) is 0 Å². The van der Waals surface area contributed by atoms with Crippen LogP contribution in [0.4, 0.5) is 5.69 Å². The first kappa shape index (κ1) is 19.9. The standard InChI is InChI=1S/C17H29N5O2/c18-8-2-1-3-10-21-16(23)15(17(24)22-11-9-19)12-13-4-6-14(20)7-5-13/h4-7,15H,1-3,8-12,18-20H2,(H,21,23)(H,22,24). The van der Waals surface area contributed by atoms with Gasteiger partial charge < -0.3 is 27.8 Å². The lowest BCUT2D eigenvalue weighted by Gasteiger charge is -2.17. The molecule has 0 saturated heterocycles. The molecule has 0 aliphatic heterocycles. The SMILES string of the molecule is NCCCCCNC(=O)C(Cc1ccc(N)cc1)C(=O)NCCN. The van der Waals surface area contributed by atoms with Crippen LogP contribution in [0.1, 0.15) is 24.8 Å². The van der Waals surface area contributed by atoms with Gasteiger partial charge in [0, 0.05) is 25.3 Å². The van der Waals surface area contributed by atoms with Gasteiger partial charge in [0.2, 0.25) is 11.8 Å². The molecule has 1 aromatic carbocycles. The number of carbonyl (C=O) groups is 2. The molecular formula is C17H29N5O2. The summed E-state index contributed by atoms with van der Waals surface area (Å²) in [5, 5.41) is 5.52. The van der Waals surface area contributed by atoms with Crippen molar-refractivity contribution in [2.45, 2.75) is 25.7 Å². The van der Waals surface area contributed by atoms with Crippen LogP contribution in [-0.2, 0) is 16.0 Å². The molecule has 8 N–H and O–H groups in total. The molecule has 0 aliphatic carbocycles. The summed E-state index contributed by atoms with van der Waals surface area (Å²) in [7, 11) is 0. The van der Waals surface area contributed by atoms with Crippen molar-refractivity contribution in [3.8, 4) is 0 Å². The highest BCUT2D eigenvalue weighted by Crippen LogP contribution is 2.12. The number of amides is 2. The summed E-state index contributed by atoms with van der Waals surface area (Å²) in [4.78, 5) is 24.7. The number of benzene rings is 1. The van der Waals surface area contributed by atoms with Crippen molar-refractivity contribution in [1.82, 2.24) is 10.6 Å². The third-order valence-corrected chi connectivity index (χ3v) is 3.68. The fraction of sp³-hybridized carbons (Fsp3) is 0.529. The maximum atomic E-state index is 12.4. The molecule has 1 aromatic rings. The van der Waals surface area contributed by atoms with E-state index >= 15 is 0 Å². The first-order valence-electron chi connectivity index (χ1n) is 8.38.